The summed E-state index contributed by atoms with van der Waals surface area (Å²) in [6.45, 7) is 5.04. The van der Waals surface area contributed by atoms with Crippen molar-refractivity contribution < 1.29 is 28.5 Å². The fraction of sp³-hybridized carbons (Fsp3) is 0.342. The Morgan fingerprint density at radius 1 is 0.939 bits per heavy atom. The van der Waals surface area contributed by atoms with E-state index in [4.69, 9.17) is 42.1 Å². The average molecular weight is 705 g/mol. The number of rotatable bonds is 11. The van der Waals surface area contributed by atoms with Crippen molar-refractivity contribution in [3.05, 3.63) is 117 Å². The van der Waals surface area contributed by atoms with Crippen LogP contribution in [-0.2, 0) is 22.4 Å². The molecule has 0 aliphatic carbocycles. The van der Waals surface area contributed by atoms with E-state index in [1.54, 1.807) is 48.4 Å². The van der Waals surface area contributed by atoms with Crippen LogP contribution in [0.2, 0.25) is 10.0 Å². The van der Waals surface area contributed by atoms with Gasteiger partial charge in [-0.2, -0.15) is 0 Å². The first-order valence-corrected chi connectivity index (χ1v) is 17.1. The number of amides is 1. The highest BCUT2D eigenvalue weighted by Gasteiger charge is 2.37. The number of methoxy groups -OCH3 is 2. The van der Waals surface area contributed by atoms with Gasteiger partial charge in [-0.05, 0) is 91.4 Å². The Bertz CT molecular complexity index is 1790. The molecule has 3 aliphatic rings. The number of benzene rings is 3. The van der Waals surface area contributed by atoms with Crippen LogP contribution >= 0.6 is 23.2 Å². The van der Waals surface area contributed by atoms with Crippen LogP contribution in [0.4, 0.5) is 10.5 Å². The van der Waals surface area contributed by atoms with Crippen LogP contribution in [-0.4, -0.2) is 61.9 Å². The van der Waals surface area contributed by atoms with Crippen molar-refractivity contribution in [3.63, 3.8) is 0 Å². The molecular weight excluding hydrogens is 665 g/mol. The monoisotopic (exact) mass is 703 g/mol. The number of hydrogen-bond donors (Lipinski definition) is 0. The Hall–Kier alpha value is -4.31. The number of nitrogens with zero attached hydrogens (tertiary/aromatic N) is 3. The van der Waals surface area contributed by atoms with Gasteiger partial charge in [0.2, 0.25) is 0 Å². The van der Waals surface area contributed by atoms with Crippen LogP contribution in [0.25, 0.3) is 0 Å². The molecule has 49 heavy (non-hydrogen) atoms. The van der Waals surface area contributed by atoms with Crippen molar-refractivity contribution in [2.45, 2.75) is 44.9 Å². The highest BCUT2D eigenvalue weighted by Crippen LogP contribution is 2.36. The minimum absolute atomic E-state index is 0.140. The number of pyridine rings is 1. The summed E-state index contributed by atoms with van der Waals surface area (Å²) in [4.78, 5) is 35.7. The van der Waals surface area contributed by atoms with Crippen molar-refractivity contribution in [3.8, 4) is 11.5 Å². The van der Waals surface area contributed by atoms with Gasteiger partial charge in [-0.1, -0.05) is 59.6 Å². The molecule has 0 radical (unpaired) electrons. The van der Waals surface area contributed by atoms with Gasteiger partial charge in [0, 0.05) is 25.4 Å². The predicted octanol–water partition coefficient (Wildman–Crippen LogP) is 8.09. The standard InChI is InChI=1S/C38H39Cl2N3O6/c1-24-7-4-5-10-32(24)43(38(45)49-36-23-42-15-13-26(36)14-16-42)22-25-8-6-9-28(17-25)37(44)48-34(19-29-30(39)20-41-21-31(29)40)27-11-12-33(46-2)35(18-27)47-3/h4-12,17-18,20-21,26,34,36H,13-16,19,22-23H2,1-3H3/t34-,36-/m0/s1. The van der Waals surface area contributed by atoms with Crippen LogP contribution in [0.1, 0.15) is 51.6 Å². The first kappa shape index (κ1) is 34.5. The third kappa shape index (κ3) is 7.96. The quantitative estimate of drug-likeness (QED) is 0.145. The fourth-order valence-electron chi connectivity index (χ4n) is 6.63. The predicted molar refractivity (Wildman–Crippen MR) is 189 cm³/mol. The molecule has 0 spiro atoms. The fourth-order valence-corrected chi connectivity index (χ4v) is 7.15. The number of hydrogen-bond acceptors (Lipinski definition) is 8. The zero-order chi connectivity index (χ0) is 34.5. The Kier molecular flexibility index (Phi) is 10.9. The Morgan fingerprint density at radius 3 is 2.35 bits per heavy atom. The zero-order valence-electron chi connectivity index (χ0n) is 27.7. The van der Waals surface area contributed by atoms with Crippen molar-refractivity contribution in [1.82, 2.24) is 9.88 Å². The minimum Gasteiger partial charge on any atom is -0.493 e. The molecular formula is C38H39Cl2N3O6. The molecule has 7 rings (SSSR count). The number of piperidine rings is 3. The Morgan fingerprint density at radius 2 is 1.67 bits per heavy atom. The molecule has 9 nitrogen and oxygen atoms in total. The molecule has 4 aromatic rings. The summed E-state index contributed by atoms with van der Waals surface area (Å²) in [7, 11) is 3.09. The third-order valence-electron chi connectivity index (χ3n) is 9.35. The normalized spacial score (nSPS) is 18.8. The summed E-state index contributed by atoms with van der Waals surface area (Å²) >= 11 is 13.0. The molecule has 1 aromatic heterocycles. The SMILES string of the molecule is COc1ccc([C@H](Cc2c(Cl)cncc2Cl)OC(=O)c2cccc(CN(C(=O)O[C@H]3CN4CCC3CC4)c3ccccc3C)c2)cc1OC. The number of carbonyl (C=O) groups excluding carboxylic acids is 2. The highest BCUT2D eigenvalue weighted by atomic mass is 35.5. The highest BCUT2D eigenvalue weighted by molar-refractivity contribution is 6.35. The molecule has 256 valence electrons. The van der Waals surface area contributed by atoms with Gasteiger partial charge < -0.3 is 18.9 Å². The van der Waals surface area contributed by atoms with Crippen LogP contribution < -0.4 is 14.4 Å². The second-order valence-corrected chi connectivity index (χ2v) is 13.2. The number of halogens is 2. The van der Waals surface area contributed by atoms with Gasteiger partial charge in [-0.3, -0.25) is 14.8 Å². The molecule has 0 N–H and O–H groups in total. The van der Waals surface area contributed by atoms with Crippen molar-refractivity contribution >= 4 is 41.0 Å². The van der Waals surface area contributed by atoms with E-state index in [0.29, 0.717) is 44.2 Å². The van der Waals surface area contributed by atoms with E-state index >= 15 is 0 Å². The molecule has 3 saturated heterocycles. The molecule has 2 bridgehead atoms. The molecule has 3 fully saturated rings. The zero-order valence-corrected chi connectivity index (χ0v) is 29.2. The van der Waals surface area contributed by atoms with Crippen LogP contribution in [0.5, 0.6) is 11.5 Å². The van der Waals surface area contributed by atoms with Crippen LogP contribution in [0, 0.1) is 12.8 Å². The first-order chi connectivity index (χ1) is 23.7. The molecule has 3 aliphatic heterocycles. The number of para-hydroxylation sites is 1. The maximum Gasteiger partial charge on any atom is 0.414 e. The lowest BCUT2D eigenvalue weighted by Crippen LogP contribution is -2.53. The van der Waals surface area contributed by atoms with Gasteiger partial charge >= 0.3 is 12.1 Å². The van der Waals surface area contributed by atoms with Crippen LogP contribution in [0.3, 0.4) is 0 Å². The van der Waals surface area contributed by atoms with Gasteiger partial charge in [-0.15, -0.1) is 0 Å². The Balaban J connectivity index is 1.26. The second-order valence-electron chi connectivity index (χ2n) is 12.4. The largest absolute Gasteiger partial charge is 0.493 e. The van der Waals surface area contributed by atoms with E-state index in [1.165, 1.54) is 19.5 Å². The van der Waals surface area contributed by atoms with Gasteiger partial charge in [-0.25, -0.2) is 9.59 Å². The molecule has 4 heterocycles. The maximum absolute atomic E-state index is 13.8. The molecule has 0 saturated carbocycles. The lowest BCUT2D eigenvalue weighted by atomic mass is 9.86. The molecule has 11 heteroatoms. The number of ether oxygens (including phenoxy) is 4. The maximum atomic E-state index is 13.8. The summed E-state index contributed by atoms with van der Waals surface area (Å²) in [5.41, 5.74) is 4.01. The van der Waals surface area contributed by atoms with Gasteiger partial charge in [0.15, 0.2) is 11.5 Å². The van der Waals surface area contributed by atoms with Crippen molar-refractivity contribution in [2.24, 2.45) is 5.92 Å². The van der Waals surface area contributed by atoms with E-state index in [-0.39, 0.29) is 19.1 Å². The average Bonchev–Trinajstić information content (AvgIpc) is 3.12. The molecule has 1 amide bonds. The van der Waals surface area contributed by atoms with Gasteiger partial charge in [0.05, 0.1) is 42.1 Å². The topological polar surface area (TPSA) is 90.4 Å². The number of aromatic nitrogens is 1. The van der Waals surface area contributed by atoms with E-state index < -0.39 is 18.2 Å². The summed E-state index contributed by atoms with van der Waals surface area (Å²) in [5, 5.41) is 0.717. The minimum atomic E-state index is -0.784. The lowest BCUT2D eigenvalue weighted by molar-refractivity contribution is -0.0311. The molecule has 3 aromatic carbocycles. The summed E-state index contributed by atoms with van der Waals surface area (Å²) < 4.78 is 23.3. The van der Waals surface area contributed by atoms with Crippen molar-refractivity contribution in [1.29, 1.82) is 0 Å². The molecule has 2 atom stereocenters. The Labute approximate surface area is 296 Å². The smallest absolute Gasteiger partial charge is 0.414 e. The summed E-state index contributed by atoms with van der Waals surface area (Å²) in [6, 6.07) is 20.1. The van der Waals surface area contributed by atoms with E-state index in [2.05, 4.69) is 9.88 Å². The van der Waals surface area contributed by atoms with E-state index in [0.717, 1.165) is 49.3 Å². The van der Waals surface area contributed by atoms with Gasteiger partial charge in [0.1, 0.15) is 12.2 Å². The second kappa shape index (κ2) is 15.5. The number of esters is 1. The van der Waals surface area contributed by atoms with Crippen molar-refractivity contribution in [2.75, 3.05) is 38.8 Å². The summed E-state index contributed by atoms with van der Waals surface area (Å²) in [5.74, 6) is 0.840. The number of fused-ring (bicyclic) bond motifs is 3. The molecule has 0 unspecified atom stereocenters. The van der Waals surface area contributed by atoms with Crippen LogP contribution in [0.15, 0.2) is 79.1 Å². The van der Waals surface area contributed by atoms with Gasteiger partial charge in [0.25, 0.3) is 0 Å². The van der Waals surface area contributed by atoms with E-state index in [9.17, 15) is 9.59 Å². The summed E-state index contributed by atoms with van der Waals surface area (Å²) in [6.07, 6.45) is 3.94. The number of carbonyl (C=O) groups is 2. The lowest BCUT2D eigenvalue weighted by Gasteiger charge is -2.44. The first-order valence-electron chi connectivity index (χ1n) is 16.3. The van der Waals surface area contributed by atoms with E-state index in [1.807, 2.05) is 37.3 Å². The number of aryl methyl sites for hydroxylation is 1. The number of anilines is 1. The third-order valence-corrected chi connectivity index (χ3v) is 10.0.